The first kappa shape index (κ1) is 12.8. The highest BCUT2D eigenvalue weighted by Gasteiger charge is 2.04. The molecule has 0 bridgehead atoms. The molecular formula is C15H14N2O2. The maximum Gasteiger partial charge on any atom is 0.269 e. The van der Waals surface area contributed by atoms with Gasteiger partial charge in [-0.2, -0.15) is 0 Å². The summed E-state index contributed by atoms with van der Waals surface area (Å²) in [6.45, 7) is 1.96. The highest BCUT2D eigenvalue weighted by molar-refractivity contribution is 5.67. The van der Waals surface area contributed by atoms with Gasteiger partial charge in [-0.05, 0) is 42.3 Å². The first-order valence-corrected chi connectivity index (χ1v) is 5.90. The second kappa shape index (κ2) is 5.82. The van der Waals surface area contributed by atoms with E-state index in [1.165, 1.54) is 12.1 Å². The molecule has 0 amide bonds. The molecule has 2 aromatic carbocycles. The van der Waals surface area contributed by atoms with Crippen molar-refractivity contribution in [2.75, 3.05) is 5.32 Å². The van der Waals surface area contributed by atoms with Crippen molar-refractivity contribution in [2.45, 2.75) is 6.92 Å². The van der Waals surface area contributed by atoms with Crippen molar-refractivity contribution in [3.8, 4) is 0 Å². The fraction of sp³-hybridized carbons (Fsp3) is 0.0667. The molecule has 0 aliphatic rings. The van der Waals surface area contributed by atoms with Gasteiger partial charge in [0.15, 0.2) is 0 Å². The number of rotatable bonds is 4. The second-order valence-corrected chi connectivity index (χ2v) is 4.14. The van der Waals surface area contributed by atoms with E-state index in [-0.39, 0.29) is 5.69 Å². The molecule has 0 radical (unpaired) electrons. The molecule has 0 saturated carbocycles. The van der Waals surface area contributed by atoms with Crippen LogP contribution in [0.15, 0.2) is 60.8 Å². The quantitative estimate of drug-likeness (QED) is 0.661. The number of nitrogens with zero attached hydrogens (tertiary/aromatic N) is 1. The predicted molar refractivity (Wildman–Crippen MR) is 76.8 cm³/mol. The van der Waals surface area contributed by atoms with Crippen molar-refractivity contribution >= 4 is 16.9 Å². The molecule has 96 valence electrons. The Morgan fingerprint density at radius 3 is 2.32 bits per heavy atom. The van der Waals surface area contributed by atoms with Crippen molar-refractivity contribution < 1.29 is 4.92 Å². The molecule has 4 heteroatoms. The van der Waals surface area contributed by atoms with Crippen LogP contribution in [0.2, 0.25) is 0 Å². The first-order valence-electron chi connectivity index (χ1n) is 5.90. The summed E-state index contributed by atoms with van der Waals surface area (Å²) in [5.41, 5.74) is 3.07. The zero-order valence-corrected chi connectivity index (χ0v) is 10.5. The highest BCUT2D eigenvalue weighted by Crippen LogP contribution is 2.18. The summed E-state index contributed by atoms with van der Waals surface area (Å²) in [6.07, 6.45) is 1.89. The molecule has 0 spiro atoms. The van der Waals surface area contributed by atoms with E-state index in [0.717, 1.165) is 16.8 Å². The van der Waals surface area contributed by atoms with E-state index in [4.69, 9.17) is 0 Å². The van der Waals surface area contributed by atoms with E-state index in [1.54, 1.807) is 12.1 Å². The van der Waals surface area contributed by atoms with Crippen LogP contribution in [0.1, 0.15) is 12.5 Å². The van der Waals surface area contributed by atoms with Crippen LogP contribution < -0.4 is 5.32 Å². The van der Waals surface area contributed by atoms with E-state index in [0.29, 0.717) is 0 Å². The minimum atomic E-state index is -0.398. The van der Waals surface area contributed by atoms with Crippen LogP contribution in [-0.4, -0.2) is 4.92 Å². The molecule has 1 N–H and O–H groups in total. The standard InChI is InChI=1S/C15H14N2O2/c1-12(11-16-14-5-3-2-4-6-14)13-7-9-15(10-8-13)17(18)19/h2-11,16H,1H3. The first-order chi connectivity index (χ1) is 9.16. The number of non-ortho nitro benzene ring substituents is 1. The molecule has 19 heavy (non-hydrogen) atoms. The Kier molecular flexibility index (Phi) is 3.93. The molecule has 4 nitrogen and oxygen atoms in total. The fourth-order valence-corrected chi connectivity index (χ4v) is 1.66. The SMILES string of the molecule is CC(=CNc1ccccc1)c1ccc([N+](=O)[O-])cc1. The van der Waals surface area contributed by atoms with E-state index in [1.807, 2.05) is 43.5 Å². The zero-order chi connectivity index (χ0) is 13.7. The average Bonchev–Trinajstić information content (AvgIpc) is 2.46. The predicted octanol–water partition coefficient (Wildman–Crippen LogP) is 4.07. The summed E-state index contributed by atoms with van der Waals surface area (Å²) >= 11 is 0. The summed E-state index contributed by atoms with van der Waals surface area (Å²) in [6, 6.07) is 16.3. The van der Waals surface area contributed by atoms with Gasteiger partial charge in [0.2, 0.25) is 0 Å². The molecule has 2 aromatic rings. The zero-order valence-electron chi connectivity index (χ0n) is 10.5. The molecular weight excluding hydrogens is 240 g/mol. The van der Waals surface area contributed by atoms with Crippen LogP contribution in [0.5, 0.6) is 0 Å². The van der Waals surface area contributed by atoms with Gasteiger partial charge in [0.1, 0.15) is 0 Å². The molecule has 0 aliphatic carbocycles. The number of nitrogens with one attached hydrogen (secondary N) is 1. The minimum absolute atomic E-state index is 0.104. The Morgan fingerprint density at radius 2 is 1.74 bits per heavy atom. The third-order valence-corrected chi connectivity index (χ3v) is 2.76. The van der Waals surface area contributed by atoms with Crippen molar-refractivity contribution in [3.63, 3.8) is 0 Å². The smallest absolute Gasteiger partial charge is 0.269 e. The van der Waals surface area contributed by atoms with Crippen LogP contribution in [-0.2, 0) is 0 Å². The topological polar surface area (TPSA) is 55.2 Å². The Hall–Kier alpha value is -2.62. The van der Waals surface area contributed by atoms with Crippen molar-refractivity contribution in [1.82, 2.24) is 0 Å². The van der Waals surface area contributed by atoms with E-state index >= 15 is 0 Å². The second-order valence-electron chi connectivity index (χ2n) is 4.14. The largest absolute Gasteiger partial charge is 0.361 e. The number of nitro benzene ring substituents is 1. The molecule has 0 unspecified atom stereocenters. The van der Waals surface area contributed by atoms with Crippen LogP contribution in [0.4, 0.5) is 11.4 Å². The summed E-state index contributed by atoms with van der Waals surface area (Å²) < 4.78 is 0. The van der Waals surface area contributed by atoms with Crippen LogP contribution >= 0.6 is 0 Å². The summed E-state index contributed by atoms with van der Waals surface area (Å²) in [7, 11) is 0. The van der Waals surface area contributed by atoms with Gasteiger partial charge < -0.3 is 5.32 Å². The Bertz CT molecular complexity index is 589. The summed E-state index contributed by atoms with van der Waals surface area (Å²) in [5.74, 6) is 0. The normalized spacial score (nSPS) is 11.1. The van der Waals surface area contributed by atoms with E-state index in [2.05, 4.69) is 5.32 Å². The maximum atomic E-state index is 10.6. The maximum absolute atomic E-state index is 10.6. The van der Waals surface area contributed by atoms with Crippen molar-refractivity contribution in [2.24, 2.45) is 0 Å². The lowest BCUT2D eigenvalue weighted by molar-refractivity contribution is -0.384. The van der Waals surface area contributed by atoms with Gasteiger partial charge in [-0.3, -0.25) is 10.1 Å². The minimum Gasteiger partial charge on any atom is -0.361 e. The Labute approximate surface area is 111 Å². The van der Waals surface area contributed by atoms with Gasteiger partial charge in [-0.1, -0.05) is 18.2 Å². The number of hydrogen-bond donors (Lipinski definition) is 1. The third kappa shape index (κ3) is 3.42. The molecule has 0 atom stereocenters. The molecule has 0 fully saturated rings. The fourth-order valence-electron chi connectivity index (χ4n) is 1.66. The number of allylic oxidation sites excluding steroid dienone is 1. The lowest BCUT2D eigenvalue weighted by atomic mass is 10.1. The van der Waals surface area contributed by atoms with Gasteiger partial charge in [-0.25, -0.2) is 0 Å². The van der Waals surface area contributed by atoms with Crippen LogP contribution in [0, 0.1) is 10.1 Å². The molecule has 2 rings (SSSR count). The monoisotopic (exact) mass is 254 g/mol. The summed E-state index contributed by atoms with van der Waals surface area (Å²) in [5, 5.41) is 13.8. The molecule has 0 aliphatic heterocycles. The van der Waals surface area contributed by atoms with Crippen molar-refractivity contribution in [3.05, 3.63) is 76.5 Å². The average molecular weight is 254 g/mol. The van der Waals surface area contributed by atoms with Gasteiger partial charge in [-0.15, -0.1) is 0 Å². The lowest BCUT2D eigenvalue weighted by Gasteiger charge is -2.04. The number of hydrogen-bond acceptors (Lipinski definition) is 3. The van der Waals surface area contributed by atoms with E-state index < -0.39 is 4.92 Å². The van der Waals surface area contributed by atoms with Gasteiger partial charge in [0.25, 0.3) is 5.69 Å². The van der Waals surface area contributed by atoms with Crippen LogP contribution in [0.25, 0.3) is 5.57 Å². The van der Waals surface area contributed by atoms with Crippen molar-refractivity contribution in [1.29, 1.82) is 0 Å². The summed E-state index contributed by atoms with van der Waals surface area (Å²) in [4.78, 5) is 10.2. The Balaban J connectivity index is 2.10. The number of anilines is 1. The molecule has 0 heterocycles. The van der Waals surface area contributed by atoms with Gasteiger partial charge in [0, 0.05) is 24.0 Å². The number of para-hydroxylation sites is 1. The van der Waals surface area contributed by atoms with Gasteiger partial charge in [0.05, 0.1) is 4.92 Å². The Morgan fingerprint density at radius 1 is 1.11 bits per heavy atom. The van der Waals surface area contributed by atoms with Gasteiger partial charge >= 0.3 is 0 Å². The highest BCUT2D eigenvalue weighted by atomic mass is 16.6. The van der Waals surface area contributed by atoms with Crippen LogP contribution in [0.3, 0.4) is 0 Å². The third-order valence-electron chi connectivity index (χ3n) is 2.76. The number of nitro groups is 1. The molecule has 0 saturated heterocycles. The van der Waals surface area contributed by atoms with E-state index in [9.17, 15) is 10.1 Å². The molecule has 0 aromatic heterocycles. The number of benzene rings is 2. The lowest BCUT2D eigenvalue weighted by Crippen LogP contribution is -1.91.